The van der Waals surface area contributed by atoms with Gasteiger partial charge in [-0.3, -0.25) is 4.79 Å². The molecule has 0 N–H and O–H groups in total. The minimum Gasteiger partial charge on any atom is -0.288 e. The van der Waals surface area contributed by atoms with Gasteiger partial charge in [-0.15, -0.1) is 11.8 Å². The number of hydrogen-bond donors (Lipinski definition) is 0. The van der Waals surface area contributed by atoms with Gasteiger partial charge in [-0.05, 0) is 36.6 Å². The highest BCUT2D eigenvalue weighted by atomic mass is 79.9. The van der Waals surface area contributed by atoms with E-state index in [2.05, 4.69) is 15.9 Å². The third-order valence-electron chi connectivity index (χ3n) is 2.52. The van der Waals surface area contributed by atoms with Crippen molar-refractivity contribution in [1.29, 1.82) is 0 Å². The topological polar surface area (TPSA) is 17.1 Å². The standard InChI is InChI=1S/C14H10BrFOS/c1-18-13-5-3-2-4-10(13)14(17)11-8-9(15)6-7-12(11)16/h2-8H,1H3. The van der Waals surface area contributed by atoms with Crippen LogP contribution in [0.1, 0.15) is 15.9 Å². The van der Waals surface area contributed by atoms with Gasteiger partial charge in [-0.1, -0.05) is 28.1 Å². The van der Waals surface area contributed by atoms with E-state index >= 15 is 0 Å². The predicted octanol–water partition coefficient (Wildman–Crippen LogP) is 4.54. The summed E-state index contributed by atoms with van der Waals surface area (Å²) in [4.78, 5) is 13.2. The zero-order chi connectivity index (χ0) is 13.1. The fourth-order valence-corrected chi connectivity index (χ4v) is 2.61. The summed E-state index contributed by atoms with van der Waals surface area (Å²) in [6, 6.07) is 11.6. The first-order valence-corrected chi connectivity index (χ1v) is 7.28. The van der Waals surface area contributed by atoms with Crippen molar-refractivity contribution >= 4 is 33.5 Å². The molecule has 0 aliphatic carbocycles. The molecule has 2 rings (SSSR count). The minimum absolute atomic E-state index is 0.0888. The molecule has 0 atom stereocenters. The number of carbonyl (C=O) groups is 1. The summed E-state index contributed by atoms with van der Waals surface area (Å²) < 4.78 is 14.4. The number of rotatable bonds is 3. The molecule has 0 heterocycles. The second kappa shape index (κ2) is 5.67. The first-order valence-electron chi connectivity index (χ1n) is 5.26. The van der Waals surface area contributed by atoms with Gasteiger partial charge in [0, 0.05) is 14.9 Å². The van der Waals surface area contributed by atoms with E-state index < -0.39 is 5.82 Å². The van der Waals surface area contributed by atoms with E-state index in [0.29, 0.717) is 10.0 Å². The third-order valence-corrected chi connectivity index (χ3v) is 3.81. The third kappa shape index (κ3) is 2.65. The maximum absolute atomic E-state index is 13.7. The molecule has 0 unspecified atom stereocenters. The van der Waals surface area contributed by atoms with Crippen LogP contribution in [-0.2, 0) is 0 Å². The van der Waals surface area contributed by atoms with Crippen LogP contribution in [0.2, 0.25) is 0 Å². The van der Waals surface area contributed by atoms with Crippen LogP contribution in [0.25, 0.3) is 0 Å². The summed E-state index contributed by atoms with van der Waals surface area (Å²) in [5.74, 6) is -0.794. The molecular weight excluding hydrogens is 315 g/mol. The van der Waals surface area contributed by atoms with Gasteiger partial charge in [0.2, 0.25) is 0 Å². The molecule has 0 saturated heterocycles. The van der Waals surface area contributed by atoms with Gasteiger partial charge < -0.3 is 0 Å². The average Bonchev–Trinajstić information content (AvgIpc) is 2.40. The quantitative estimate of drug-likeness (QED) is 0.609. The van der Waals surface area contributed by atoms with Crippen LogP contribution in [0.3, 0.4) is 0 Å². The number of ketones is 1. The Morgan fingerprint density at radius 2 is 1.89 bits per heavy atom. The summed E-state index contributed by atoms with van der Waals surface area (Å²) in [6.07, 6.45) is 1.89. The molecule has 1 nitrogen and oxygen atoms in total. The summed E-state index contributed by atoms with van der Waals surface area (Å²) in [7, 11) is 0. The lowest BCUT2D eigenvalue weighted by molar-refractivity contribution is 0.103. The van der Waals surface area contributed by atoms with Crippen molar-refractivity contribution in [2.24, 2.45) is 0 Å². The average molecular weight is 325 g/mol. The molecule has 2 aromatic rings. The number of hydrogen-bond acceptors (Lipinski definition) is 2. The molecule has 92 valence electrons. The SMILES string of the molecule is CSc1ccccc1C(=O)c1cc(Br)ccc1F. The van der Waals surface area contributed by atoms with Gasteiger partial charge in [0.1, 0.15) is 5.82 Å². The molecular formula is C14H10BrFOS. The Morgan fingerprint density at radius 1 is 1.17 bits per heavy atom. The lowest BCUT2D eigenvalue weighted by Gasteiger charge is -2.07. The van der Waals surface area contributed by atoms with Gasteiger partial charge >= 0.3 is 0 Å². The molecule has 0 bridgehead atoms. The fourth-order valence-electron chi connectivity index (χ4n) is 1.65. The van der Waals surface area contributed by atoms with E-state index in [0.717, 1.165) is 4.90 Å². The van der Waals surface area contributed by atoms with Crippen molar-refractivity contribution in [3.05, 3.63) is 63.9 Å². The minimum atomic E-state index is -0.501. The lowest BCUT2D eigenvalue weighted by atomic mass is 10.0. The van der Waals surface area contributed by atoms with Crippen LogP contribution >= 0.6 is 27.7 Å². The van der Waals surface area contributed by atoms with Gasteiger partial charge in [-0.2, -0.15) is 0 Å². The van der Waals surface area contributed by atoms with Crippen LogP contribution in [-0.4, -0.2) is 12.0 Å². The number of carbonyl (C=O) groups excluding carboxylic acids is 1. The molecule has 2 aromatic carbocycles. The zero-order valence-corrected chi connectivity index (χ0v) is 12.0. The van der Waals surface area contributed by atoms with E-state index in [1.807, 2.05) is 18.4 Å². The fraction of sp³-hybridized carbons (Fsp3) is 0.0714. The molecule has 0 amide bonds. The van der Waals surface area contributed by atoms with Crippen molar-refractivity contribution in [2.45, 2.75) is 4.90 Å². The van der Waals surface area contributed by atoms with E-state index in [1.54, 1.807) is 18.2 Å². The Bertz CT molecular complexity index is 598. The highest BCUT2D eigenvalue weighted by Gasteiger charge is 2.16. The molecule has 0 spiro atoms. The van der Waals surface area contributed by atoms with Crippen molar-refractivity contribution in [1.82, 2.24) is 0 Å². The van der Waals surface area contributed by atoms with E-state index in [4.69, 9.17) is 0 Å². The Balaban J connectivity index is 2.51. The smallest absolute Gasteiger partial charge is 0.197 e. The molecule has 18 heavy (non-hydrogen) atoms. The second-order valence-corrected chi connectivity index (χ2v) is 5.42. The number of benzene rings is 2. The maximum Gasteiger partial charge on any atom is 0.197 e. The highest BCUT2D eigenvalue weighted by molar-refractivity contribution is 9.10. The summed E-state index contributed by atoms with van der Waals surface area (Å²) in [5.41, 5.74) is 0.618. The van der Waals surface area contributed by atoms with E-state index in [1.165, 1.54) is 23.9 Å². The van der Waals surface area contributed by atoms with Crippen molar-refractivity contribution in [3.8, 4) is 0 Å². The van der Waals surface area contributed by atoms with Crippen LogP contribution in [0.15, 0.2) is 51.8 Å². The van der Waals surface area contributed by atoms with Crippen molar-refractivity contribution in [2.75, 3.05) is 6.26 Å². The highest BCUT2D eigenvalue weighted by Crippen LogP contribution is 2.25. The zero-order valence-electron chi connectivity index (χ0n) is 9.61. The van der Waals surface area contributed by atoms with Gasteiger partial charge in [0.15, 0.2) is 5.78 Å². The van der Waals surface area contributed by atoms with Crippen LogP contribution in [0.5, 0.6) is 0 Å². The Morgan fingerprint density at radius 3 is 2.61 bits per heavy atom. The Kier molecular flexibility index (Phi) is 4.19. The van der Waals surface area contributed by atoms with Crippen LogP contribution in [0.4, 0.5) is 4.39 Å². The molecule has 0 fully saturated rings. The van der Waals surface area contributed by atoms with E-state index in [9.17, 15) is 9.18 Å². The van der Waals surface area contributed by atoms with Gasteiger partial charge in [0.25, 0.3) is 0 Å². The Labute approximate surface area is 118 Å². The summed E-state index contributed by atoms with van der Waals surface area (Å²) in [6.45, 7) is 0. The van der Waals surface area contributed by atoms with Crippen LogP contribution in [0, 0.1) is 5.82 Å². The van der Waals surface area contributed by atoms with Crippen molar-refractivity contribution < 1.29 is 9.18 Å². The van der Waals surface area contributed by atoms with Gasteiger partial charge in [-0.25, -0.2) is 4.39 Å². The van der Waals surface area contributed by atoms with Crippen LogP contribution < -0.4 is 0 Å². The molecule has 0 aliphatic heterocycles. The van der Waals surface area contributed by atoms with Crippen molar-refractivity contribution in [3.63, 3.8) is 0 Å². The van der Waals surface area contributed by atoms with Gasteiger partial charge in [0.05, 0.1) is 5.56 Å². The number of halogens is 2. The molecule has 4 heteroatoms. The second-order valence-electron chi connectivity index (χ2n) is 3.65. The summed E-state index contributed by atoms with van der Waals surface area (Å²) >= 11 is 4.72. The van der Waals surface area contributed by atoms with E-state index in [-0.39, 0.29) is 11.3 Å². The Hall–Kier alpha value is -1.13. The number of thioether (sulfide) groups is 1. The predicted molar refractivity (Wildman–Crippen MR) is 75.8 cm³/mol. The summed E-state index contributed by atoms with van der Waals surface area (Å²) in [5, 5.41) is 0. The normalized spacial score (nSPS) is 10.4. The monoisotopic (exact) mass is 324 g/mol. The first kappa shape index (κ1) is 13.3. The first-order chi connectivity index (χ1) is 8.63. The maximum atomic E-state index is 13.7. The molecule has 0 radical (unpaired) electrons. The molecule has 0 aromatic heterocycles. The molecule has 0 saturated carbocycles. The largest absolute Gasteiger partial charge is 0.288 e. The molecule has 0 aliphatic rings. The lowest BCUT2D eigenvalue weighted by Crippen LogP contribution is -2.05.